The Morgan fingerprint density at radius 2 is 1.15 bits per heavy atom. The predicted molar refractivity (Wildman–Crippen MR) is 135 cm³/mol. The molecule has 6 aromatic rings. The molecule has 3 heteroatoms. The molecule has 0 fully saturated rings. The lowest BCUT2D eigenvalue weighted by molar-refractivity contribution is 0.618. The van der Waals surface area contributed by atoms with Gasteiger partial charge in [0.25, 0.3) is 0 Å². The minimum absolute atomic E-state index is 0.262. The summed E-state index contributed by atoms with van der Waals surface area (Å²) >= 11 is 0. The summed E-state index contributed by atoms with van der Waals surface area (Å²) in [5.74, 6) is 0. The molecule has 0 atom stereocenters. The molecule has 8 bridgehead atoms. The van der Waals surface area contributed by atoms with Crippen molar-refractivity contribution in [3.8, 4) is 22.6 Å². The van der Waals surface area contributed by atoms with Crippen molar-refractivity contribution >= 4 is 32.6 Å². The van der Waals surface area contributed by atoms with Gasteiger partial charge in [0.1, 0.15) is 0 Å². The molecule has 0 spiro atoms. The van der Waals surface area contributed by atoms with Crippen LogP contribution >= 0.6 is 0 Å². The summed E-state index contributed by atoms with van der Waals surface area (Å²) in [4.78, 5) is 15.4. The number of hydrogen-bond donors (Lipinski definition) is 0. The maximum Gasteiger partial charge on any atom is 0.0894 e. The smallest absolute Gasteiger partial charge is 0.0894 e. The number of rotatable bonds is 0. The molecule has 0 saturated carbocycles. The average molecular weight is 424 g/mol. The molecule has 3 aromatic carbocycles. The van der Waals surface area contributed by atoms with E-state index in [-0.39, 0.29) is 5.41 Å². The van der Waals surface area contributed by atoms with Gasteiger partial charge in [-0.1, -0.05) is 74.5 Å². The zero-order chi connectivity index (χ0) is 22.2. The molecular formula is C30H21N3. The first-order valence-corrected chi connectivity index (χ1v) is 11.3. The summed E-state index contributed by atoms with van der Waals surface area (Å²) in [6, 6.07) is 32.1. The minimum Gasteiger partial charge on any atom is -0.250 e. The number of pyridine rings is 3. The quantitative estimate of drug-likeness (QED) is 0.241. The lowest BCUT2D eigenvalue weighted by Crippen LogP contribution is -2.21. The van der Waals surface area contributed by atoms with Crippen molar-refractivity contribution in [1.29, 1.82) is 0 Å². The molecule has 0 amide bonds. The standard InChI is InChI=1S/C30H21N3/c1-30(2)22-6-3-5-21(17-22)23-15-13-19-11-9-18-10-12-20-14-16-25(24-7-4-8-26(30)31-24)33-29(20)27(18)28(19)32-23/h3-17H,1-2H3. The fraction of sp³-hybridized carbons (Fsp3) is 0.100. The monoisotopic (exact) mass is 423 g/mol. The predicted octanol–water partition coefficient (Wildman–Crippen LogP) is 7.30. The Morgan fingerprint density at radius 3 is 1.94 bits per heavy atom. The second kappa shape index (κ2) is 6.46. The molecule has 1 aliphatic heterocycles. The lowest BCUT2D eigenvalue weighted by Gasteiger charge is -2.26. The van der Waals surface area contributed by atoms with Crippen LogP contribution in [0.1, 0.15) is 25.1 Å². The largest absolute Gasteiger partial charge is 0.250 e. The molecule has 33 heavy (non-hydrogen) atoms. The van der Waals surface area contributed by atoms with Crippen molar-refractivity contribution < 1.29 is 0 Å². The number of hydrogen-bond acceptors (Lipinski definition) is 3. The molecule has 0 radical (unpaired) electrons. The van der Waals surface area contributed by atoms with Gasteiger partial charge in [0.2, 0.25) is 0 Å². The highest BCUT2D eigenvalue weighted by atomic mass is 14.8. The fourth-order valence-corrected chi connectivity index (χ4v) is 5.02. The molecule has 7 rings (SSSR count). The van der Waals surface area contributed by atoms with Gasteiger partial charge in [-0.25, -0.2) is 9.97 Å². The van der Waals surface area contributed by atoms with Crippen LogP contribution in [0.3, 0.4) is 0 Å². The van der Waals surface area contributed by atoms with Gasteiger partial charge >= 0.3 is 0 Å². The van der Waals surface area contributed by atoms with Crippen LogP contribution in [0, 0.1) is 0 Å². The third-order valence-electron chi connectivity index (χ3n) is 7.03. The Labute approximate surface area is 191 Å². The molecule has 4 heterocycles. The Morgan fingerprint density at radius 1 is 0.545 bits per heavy atom. The van der Waals surface area contributed by atoms with Crippen LogP contribution in [-0.4, -0.2) is 15.0 Å². The average Bonchev–Trinajstić information content (AvgIpc) is 2.87. The van der Waals surface area contributed by atoms with Crippen LogP contribution in [0.15, 0.2) is 91.0 Å². The number of fused-ring (bicyclic) bond motifs is 8. The highest BCUT2D eigenvalue weighted by Gasteiger charge is 2.26. The highest BCUT2D eigenvalue weighted by molar-refractivity contribution is 6.17. The summed E-state index contributed by atoms with van der Waals surface area (Å²) in [5.41, 5.74) is 7.79. The van der Waals surface area contributed by atoms with E-state index in [2.05, 4.69) is 105 Å². The van der Waals surface area contributed by atoms with Crippen LogP contribution in [0.2, 0.25) is 0 Å². The van der Waals surface area contributed by atoms with Crippen molar-refractivity contribution in [2.45, 2.75) is 19.3 Å². The number of nitrogens with zero attached hydrogens (tertiary/aromatic N) is 3. The van der Waals surface area contributed by atoms with Crippen LogP contribution in [0.25, 0.3) is 55.2 Å². The zero-order valence-electron chi connectivity index (χ0n) is 18.5. The van der Waals surface area contributed by atoms with Crippen molar-refractivity contribution in [3.63, 3.8) is 0 Å². The maximum atomic E-state index is 5.19. The summed E-state index contributed by atoms with van der Waals surface area (Å²) in [7, 11) is 0. The molecule has 156 valence electrons. The topological polar surface area (TPSA) is 38.7 Å². The minimum atomic E-state index is -0.262. The van der Waals surface area contributed by atoms with Crippen LogP contribution < -0.4 is 0 Å². The first kappa shape index (κ1) is 18.5. The van der Waals surface area contributed by atoms with E-state index in [1.165, 1.54) is 5.56 Å². The van der Waals surface area contributed by atoms with Gasteiger partial charge in [0.05, 0.1) is 33.8 Å². The van der Waals surface area contributed by atoms with E-state index in [1.807, 2.05) is 0 Å². The van der Waals surface area contributed by atoms with Gasteiger partial charge < -0.3 is 0 Å². The second-order valence-electron chi connectivity index (χ2n) is 9.38. The van der Waals surface area contributed by atoms with E-state index < -0.39 is 0 Å². The second-order valence-corrected chi connectivity index (χ2v) is 9.38. The number of benzene rings is 3. The third-order valence-corrected chi connectivity index (χ3v) is 7.03. The molecular weight excluding hydrogens is 402 g/mol. The SMILES string of the molecule is CC1(C)c2cccc(c2)-c2ccc3ccc4ccc5ccc(nc5c4c3n2)-c2cccc1n2. The molecule has 3 aromatic heterocycles. The van der Waals surface area contributed by atoms with Gasteiger partial charge in [-0.3, -0.25) is 4.98 Å². The summed E-state index contributed by atoms with van der Waals surface area (Å²) in [6.07, 6.45) is 0. The van der Waals surface area contributed by atoms with Gasteiger partial charge in [-0.05, 0) is 41.3 Å². The van der Waals surface area contributed by atoms with Gasteiger partial charge in [-0.15, -0.1) is 0 Å². The Kier molecular flexibility index (Phi) is 3.61. The van der Waals surface area contributed by atoms with E-state index >= 15 is 0 Å². The van der Waals surface area contributed by atoms with Crippen molar-refractivity contribution in [2.24, 2.45) is 0 Å². The Bertz CT molecular complexity index is 1620. The van der Waals surface area contributed by atoms with Gasteiger partial charge in [0, 0.05) is 27.1 Å². The number of aromatic nitrogens is 3. The molecule has 0 unspecified atom stereocenters. The molecule has 3 nitrogen and oxygen atoms in total. The van der Waals surface area contributed by atoms with E-state index in [0.29, 0.717) is 0 Å². The first-order valence-electron chi connectivity index (χ1n) is 11.3. The molecule has 0 saturated heterocycles. The molecule has 1 aliphatic rings. The fourth-order valence-electron chi connectivity index (χ4n) is 5.02. The van der Waals surface area contributed by atoms with E-state index in [4.69, 9.17) is 15.0 Å². The van der Waals surface area contributed by atoms with Gasteiger partial charge in [-0.2, -0.15) is 0 Å². The normalized spacial score (nSPS) is 14.0. The van der Waals surface area contributed by atoms with Gasteiger partial charge in [0.15, 0.2) is 0 Å². The third kappa shape index (κ3) is 2.66. The van der Waals surface area contributed by atoms with Crippen molar-refractivity contribution in [1.82, 2.24) is 15.0 Å². The molecule has 0 aliphatic carbocycles. The maximum absolute atomic E-state index is 5.19. The Hall–Kier alpha value is -4.11. The first-order chi connectivity index (χ1) is 16.1. The summed E-state index contributed by atoms with van der Waals surface area (Å²) in [5, 5.41) is 4.47. The van der Waals surface area contributed by atoms with Crippen LogP contribution in [0.5, 0.6) is 0 Å². The summed E-state index contributed by atoms with van der Waals surface area (Å²) in [6.45, 7) is 4.46. The zero-order valence-corrected chi connectivity index (χ0v) is 18.5. The molecule has 0 N–H and O–H groups in total. The lowest BCUT2D eigenvalue weighted by atomic mass is 9.80. The van der Waals surface area contributed by atoms with Crippen molar-refractivity contribution in [3.05, 3.63) is 102 Å². The van der Waals surface area contributed by atoms with E-state index in [9.17, 15) is 0 Å². The highest BCUT2D eigenvalue weighted by Crippen LogP contribution is 2.36. The van der Waals surface area contributed by atoms with E-state index in [0.717, 1.165) is 60.9 Å². The summed E-state index contributed by atoms with van der Waals surface area (Å²) < 4.78 is 0. The Balaban J connectivity index is 1.71. The van der Waals surface area contributed by atoms with Crippen molar-refractivity contribution in [2.75, 3.05) is 0 Å². The van der Waals surface area contributed by atoms with Crippen LogP contribution in [-0.2, 0) is 5.41 Å². The van der Waals surface area contributed by atoms with Crippen LogP contribution in [0.4, 0.5) is 0 Å². The van der Waals surface area contributed by atoms with E-state index in [1.54, 1.807) is 0 Å².